The number of hydrogen-bond donors (Lipinski definition) is 1. The first-order valence-corrected chi connectivity index (χ1v) is 6.38. The molecule has 2 nitrogen and oxygen atoms in total. The summed E-state index contributed by atoms with van der Waals surface area (Å²) >= 11 is 0. The summed E-state index contributed by atoms with van der Waals surface area (Å²) in [5, 5.41) is 3.51. The number of rotatable bonds is 7. The molecule has 17 heavy (non-hydrogen) atoms. The van der Waals surface area contributed by atoms with Crippen molar-refractivity contribution in [1.82, 2.24) is 5.32 Å². The third kappa shape index (κ3) is 4.72. The van der Waals surface area contributed by atoms with Gasteiger partial charge in [-0.1, -0.05) is 36.4 Å². The van der Waals surface area contributed by atoms with Crippen molar-refractivity contribution >= 4 is 0 Å². The van der Waals surface area contributed by atoms with E-state index < -0.39 is 0 Å². The van der Waals surface area contributed by atoms with E-state index in [1.165, 1.54) is 24.0 Å². The van der Waals surface area contributed by atoms with Gasteiger partial charge >= 0.3 is 0 Å². The van der Waals surface area contributed by atoms with Crippen LogP contribution in [-0.2, 0) is 17.9 Å². The van der Waals surface area contributed by atoms with Gasteiger partial charge in [-0.2, -0.15) is 0 Å². The van der Waals surface area contributed by atoms with Gasteiger partial charge in [-0.25, -0.2) is 0 Å². The van der Waals surface area contributed by atoms with Gasteiger partial charge in [0.15, 0.2) is 0 Å². The van der Waals surface area contributed by atoms with E-state index in [2.05, 4.69) is 29.6 Å². The maximum Gasteiger partial charge on any atom is 0.0721 e. The molecular weight excluding hydrogens is 210 g/mol. The summed E-state index contributed by atoms with van der Waals surface area (Å²) in [6.07, 6.45) is 6.72. The highest BCUT2D eigenvalue weighted by Crippen LogP contribution is 2.19. The minimum atomic E-state index is 0.695. The number of hydrogen-bond acceptors (Lipinski definition) is 2. The molecule has 0 aliphatic heterocycles. The summed E-state index contributed by atoms with van der Waals surface area (Å²) < 4.78 is 5.51. The van der Waals surface area contributed by atoms with Gasteiger partial charge in [0.2, 0.25) is 0 Å². The molecule has 2 heteroatoms. The Balaban J connectivity index is 1.71. The molecule has 1 aromatic carbocycles. The van der Waals surface area contributed by atoms with Crippen molar-refractivity contribution in [2.24, 2.45) is 0 Å². The first-order valence-electron chi connectivity index (χ1n) is 6.38. The first kappa shape index (κ1) is 12.3. The summed E-state index contributed by atoms with van der Waals surface area (Å²) in [5.74, 6) is 0. The van der Waals surface area contributed by atoms with E-state index in [-0.39, 0.29) is 0 Å². The predicted molar refractivity (Wildman–Crippen MR) is 70.8 cm³/mol. The molecule has 0 bridgehead atoms. The Morgan fingerprint density at radius 3 is 2.59 bits per heavy atom. The van der Waals surface area contributed by atoms with Gasteiger partial charge in [-0.3, -0.25) is 0 Å². The van der Waals surface area contributed by atoms with E-state index in [0.717, 1.165) is 12.6 Å². The molecule has 0 unspecified atom stereocenters. The summed E-state index contributed by atoms with van der Waals surface area (Å²) in [4.78, 5) is 0. The molecule has 1 saturated carbocycles. The second kappa shape index (κ2) is 6.58. The van der Waals surface area contributed by atoms with E-state index >= 15 is 0 Å². The minimum absolute atomic E-state index is 0.695. The second-order valence-electron chi connectivity index (χ2n) is 4.56. The lowest BCUT2D eigenvalue weighted by Gasteiger charge is -2.05. The van der Waals surface area contributed by atoms with Gasteiger partial charge in [-0.15, -0.1) is 0 Å². The molecule has 92 valence electrons. The molecule has 0 amide bonds. The van der Waals surface area contributed by atoms with E-state index in [4.69, 9.17) is 4.74 Å². The van der Waals surface area contributed by atoms with Crippen molar-refractivity contribution in [1.29, 1.82) is 0 Å². The quantitative estimate of drug-likeness (QED) is 0.575. The molecule has 1 aliphatic carbocycles. The highest BCUT2D eigenvalue weighted by atomic mass is 16.5. The smallest absolute Gasteiger partial charge is 0.0721 e. The van der Waals surface area contributed by atoms with Crippen LogP contribution in [0.2, 0.25) is 0 Å². The number of benzene rings is 1. The SMILES string of the molecule is CC=CCOCc1ccc(CNC2CC2)cc1. The van der Waals surface area contributed by atoms with Gasteiger partial charge in [0, 0.05) is 12.6 Å². The lowest BCUT2D eigenvalue weighted by atomic mass is 10.1. The van der Waals surface area contributed by atoms with E-state index in [1.807, 2.05) is 19.1 Å². The van der Waals surface area contributed by atoms with Crippen molar-refractivity contribution in [2.45, 2.75) is 39.0 Å². The average molecular weight is 231 g/mol. The van der Waals surface area contributed by atoms with Crippen molar-refractivity contribution in [3.63, 3.8) is 0 Å². The zero-order chi connectivity index (χ0) is 11.9. The van der Waals surface area contributed by atoms with Crippen LogP contribution in [0.3, 0.4) is 0 Å². The standard InChI is InChI=1S/C15H21NO/c1-2-3-10-17-12-14-6-4-13(5-7-14)11-16-15-8-9-15/h2-7,15-16H,8-12H2,1H3. The maximum absolute atomic E-state index is 5.51. The molecule has 1 aromatic rings. The van der Waals surface area contributed by atoms with Crippen molar-refractivity contribution < 1.29 is 4.74 Å². The Kier molecular flexibility index (Phi) is 4.77. The predicted octanol–water partition coefficient (Wildman–Crippen LogP) is 3.03. The molecular formula is C15H21NO. The Morgan fingerprint density at radius 2 is 1.94 bits per heavy atom. The number of allylic oxidation sites excluding steroid dienone is 1. The average Bonchev–Trinajstić information content (AvgIpc) is 3.18. The van der Waals surface area contributed by atoms with Crippen molar-refractivity contribution in [2.75, 3.05) is 6.61 Å². The Bertz CT molecular complexity index is 352. The molecule has 0 atom stereocenters. The lowest BCUT2D eigenvalue weighted by Crippen LogP contribution is -2.15. The van der Waals surface area contributed by atoms with Gasteiger partial charge in [0.1, 0.15) is 0 Å². The van der Waals surface area contributed by atoms with Crippen LogP contribution in [0.5, 0.6) is 0 Å². The number of nitrogens with one attached hydrogen (secondary N) is 1. The van der Waals surface area contributed by atoms with Gasteiger partial charge < -0.3 is 10.1 Å². The molecule has 0 saturated heterocycles. The van der Waals surface area contributed by atoms with Crippen LogP contribution in [0.4, 0.5) is 0 Å². The normalized spacial score (nSPS) is 15.6. The van der Waals surface area contributed by atoms with Crippen molar-refractivity contribution in [3.05, 3.63) is 47.5 Å². The monoisotopic (exact) mass is 231 g/mol. The molecule has 1 aliphatic rings. The van der Waals surface area contributed by atoms with Crippen LogP contribution in [0, 0.1) is 0 Å². The lowest BCUT2D eigenvalue weighted by molar-refractivity contribution is 0.148. The zero-order valence-electron chi connectivity index (χ0n) is 10.5. The highest BCUT2D eigenvalue weighted by Gasteiger charge is 2.19. The van der Waals surface area contributed by atoms with Crippen LogP contribution in [-0.4, -0.2) is 12.6 Å². The summed E-state index contributed by atoms with van der Waals surface area (Å²) in [5.41, 5.74) is 2.60. The Labute approximate surface area is 104 Å². The zero-order valence-corrected chi connectivity index (χ0v) is 10.5. The van der Waals surface area contributed by atoms with Gasteiger partial charge in [0.25, 0.3) is 0 Å². The summed E-state index contributed by atoms with van der Waals surface area (Å²) in [7, 11) is 0. The third-order valence-corrected chi connectivity index (χ3v) is 2.91. The summed E-state index contributed by atoms with van der Waals surface area (Å²) in [6.45, 7) is 4.39. The van der Waals surface area contributed by atoms with Gasteiger partial charge in [-0.05, 0) is 30.9 Å². The van der Waals surface area contributed by atoms with E-state index in [0.29, 0.717) is 13.2 Å². The van der Waals surface area contributed by atoms with Crippen LogP contribution < -0.4 is 5.32 Å². The molecule has 2 rings (SSSR count). The van der Waals surface area contributed by atoms with Crippen LogP contribution in [0.1, 0.15) is 30.9 Å². The third-order valence-electron chi connectivity index (χ3n) is 2.91. The van der Waals surface area contributed by atoms with Crippen molar-refractivity contribution in [3.8, 4) is 0 Å². The molecule has 1 N–H and O–H groups in total. The summed E-state index contributed by atoms with van der Waals surface area (Å²) in [6, 6.07) is 9.45. The fourth-order valence-corrected chi connectivity index (χ4v) is 1.64. The van der Waals surface area contributed by atoms with Gasteiger partial charge in [0.05, 0.1) is 13.2 Å². The topological polar surface area (TPSA) is 21.3 Å². The maximum atomic E-state index is 5.51. The van der Waals surface area contributed by atoms with E-state index in [9.17, 15) is 0 Å². The fraction of sp³-hybridized carbons (Fsp3) is 0.467. The first-order chi connectivity index (χ1) is 8.38. The molecule has 0 radical (unpaired) electrons. The number of ether oxygens (including phenoxy) is 1. The molecule has 0 aromatic heterocycles. The molecule has 0 heterocycles. The minimum Gasteiger partial charge on any atom is -0.373 e. The molecule has 0 spiro atoms. The van der Waals surface area contributed by atoms with Crippen LogP contribution >= 0.6 is 0 Å². The highest BCUT2D eigenvalue weighted by molar-refractivity contribution is 5.22. The van der Waals surface area contributed by atoms with Crippen LogP contribution in [0.15, 0.2) is 36.4 Å². The van der Waals surface area contributed by atoms with E-state index in [1.54, 1.807) is 0 Å². The fourth-order valence-electron chi connectivity index (χ4n) is 1.64. The largest absolute Gasteiger partial charge is 0.373 e. The Hall–Kier alpha value is -1.12. The molecule has 1 fully saturated rings. The second-order valence-corrected chi connectivity index (χ2v) is 4.56. The van der Waals surface area contributed by atoms with Crippen LogP contribution in [0.25, 0.3) is 0 Å². The Morgan fingerprint density at radius 1 is 1.24 bits per heavy atom.